The topological polar surface area (TPSA) is 121 Å². The molecule has 0 N–H and O–H groups in total. The lowest BCUT2D eigenvalue weighted by molar-refractivity contribution is -0.139. The van der Waals surface area contributed by atoms with Gasteiger partial charge in [-0.2, -0.15) is 5.26 Å². The van der Waals surface area contributed by atoms with E-state index < -0.39 is 12.0 Å². The van der Waals surface area contributed by atoms with Crippen LogP contribution in [0.4, 0.5) is 0 Å². The number of benzene rings is 3. The van der Waals surface area contributed by atoms with Crippen LogP contribution in [0.3, 0.4) is 0 Å². The average molecular weight is 719 g/mol. The molecule has 2 heterocycles. The van der Waals surface area contributed by atoms with Gasteiger partial charge in [0.2, 0.25) is 0 Å². The molecule has 0 saturated heterocycles. The van der Waals surface area contributed by atoms with E-state index in [1.165, 1.54) is 30.1 Å². The van der Waals surface area contributed by atoms with Crippen molar-refractivity contribution in [1.82, 2.24) is 4.57 Å². The quantitative estimate of drug-likeness (QED) is 0.189. The fraction of sp³-hybridized carbons (Fsp3) is 0.257. The summed E-state index contributed by atoms with van der Waals surface area (Å²) >= 11 is 4.82. The van der Waals surface area contributed by atoms with Gasteiger partial charge in [0.15, 0.2) is 27.8 Å². The maximum absolute atomic E-state index is 14.2. The summed E-state index contributed by atoms with van der Waals surface area (Å²) in [6, 6.07) is 17.4. The van der Waals surface area contributed by atoms with Crippen molar-refractivity contribution in [3.63, 3.8) is 0 Å². The number of para-hydroxylation sites is 1. The van der Waals surface area contributed by atoms with Crippen LogP contribution in [0.2, 0.25) is 0 Å². The van der Waals surface area contributed by atoms with E-state index in [9.17, 15) is 14.9 Å². The minimum absolute atomic E-state index is 0.156. The summed E-state index contributed by atoms with van der Waals surface area (Å²) in [7, 11) is 3.06. The molecule has 1 aliphatic heterocycles. The Bertz CT molecular complexity index is 2100. The van der Waals surface area contributed by atoms with Crippen molar-refractivity contribution in [1.29, 1.82) is 5.26 Å². The van der Waals surface area contributed by atoms with Crippen LogP contribution in [0.5, 0.6) is 23.0 Å². The Morgan fingerprint density at radius 3 is 2.51 bits per heavy atom. The molecule has 47 heavy (non-hydrogen) atoms. The molecule has 0 radical (unpaired) electrons. The van der Waals surface area contributed by atoms with E-state index in [1.54, 1.807) is 56.3 Å². The highest BCUT2D eigenvalue weighted by atomic mass is 79.9. The summed E-state index contributed by atoms with van der Waals surface area (Å²) in [5.74, 6) is 1.23. The predicted molar refractivity (Wildman–Crippen MR) is 181 cm³/mol. The number of esters is 1. The molecule has 0 spiro atoms. The van der Waals surface area contributed by atoms with Crippen molar-refractivity contribution >= 4 is 39.3 Å². The van der Waals surface area contributed by atoms with Gasteiger partial charge in [0.05, 0.1) is 54.9 Å². The first kappa shape index (κ1) is 33.5. The Morgan fingerprint density at radius 1 is 1.04 bits per heavy atom. The molecule has 0 aliphatic carbocycles. The Kier molecular flexibility index (Phi) is 10.5. The van der Waals surface area contributed by atoms with Gasteiger partial charge in [-0.1, -0.05) is 57.6 Å². The largest absolute Gasteiger partial charge is 0.493 e. The number of nitriles is 1. The third-order valence-electron chi connectivity index (χ3n) is 7.42. The minimum Gasteiger partial charge on any atom is -0.493 e. The Labute approximate surface area is 283 Å². The lowest BCUT2D eigenvalue weighted by Crippen LogP contribution is -2.40. The summed E-state index contributed by atoms with van der Waals surface area (Å²) in [5.41, 5.74) is 2.83. The third-order valence-corrected chi connectivity index (χ3v) is 9.09. The van der Waals surface area contributed by atoms with E-state index in [0.717, 1.165) is 5.56 Å². The van der Waals surface area contributed by atoms with Gasteiger partial charge < -0.3 is 23.7 Å². The lowest BCUT2D eigenvalue weighted by atomic mass is 9.94. The van der Waals surface area contributed by atoms with E-state index in [-0.39, 0.29) is 24.3 Å². The molecule has 0 unspecified atom stereocenters. The number of ether oxygens (including phenoxy) is 5. The molecule has 12 heteroatoms. The number of allylic oxidation sites excluding steroid dienone is 1. The van der Waals surface area contributed by atoms with Crippen LogP contribution in [-0.4, -0.2) is 38.0 Å². The van der Waals surface area contributed by atoms with Gasteiger partial charge in [-0.3, -0.25) is 9.36 Å². The maximum Gasteiger partial charge on any atom is 0.338 e. The molecule has 0 bridgehead atoms. The number of fused-ring (bicyclic) bond motifs is 1. The monoisotopic (exact) mass is 717 g/mol. The number of nitrogens with zero attached hydrogens (tertiary/aromatic N) is 3. The lowest BCUT2D eigenvalue weighted by Gasteiger charge is -2.26. The number of carbonyl (C=O) groups excluding carboxylic acids is 1. The van der Waals surface area contributed by atoms with E-state index >= 15 is 0 Å². The zero-order valence-electron chi connectivity index (χ0n) is 26.5. The second kappa shape index (κ2) is 14.7. The molecule has 10 nitrogen and oxygen atoms in total. The van der Waals surface area contributed by atoms with Crippen LogP contribution in [0.1, 0.15) is 49.1 Å². The Hall–Kier alpha value is -4.86. The number of hydrogen-bond donors (Lipinski definition) is 0. The summed E-state index contributed by atoms with van der Waals surface area (Å²) in [6.45, 7) is 5.97. The normalized spacial score (nSPS) is 14.1. The highest BCUT2D eigenvalue weighted by Gasteiger charge is 2.36. The summed E-state index contributed by atoms with van der Waals surface area (Å²) in [5, 5.41) is 9.43. The predicted octanol–water partition coefficient (Wildman–Crippen LogP) is 5.43. The minimum atomic E-state index is -0.880. The number of thiazole rings is 1. The molecular weight excluding hydrogens is 686 g/mol. The van der Waals surface area contributed by atoms with E-state index in [1.807, 2.05) is 25.1 Å². The van der Waals surface area contributed by atoms with Gasteiger partial charge in [0, 0.05) is 15.6 Å². The fourth-order valence-electron chi connectivity index (χ4n) is 5.28. The number of hydrogen-bond acceptors (Lipinski definition) is 10. The van der Waals surface area contributed by atoms with Crippen molar-refractivity contribution in [2.24, 2.45) is 4.99 Å². The van der Waals surface area contributed by atoms with Crippen molar-refractivity contribution in [3.8, 4) is 29.1 Å². The molecule has 5 rings (SSSR count). The van der Waals surface area contributed by atoms with Gasteiger partial charge in [-0.05, 0) is 56.7 Å². The molecule has 0 saturated carbocycles. The van der Waals surface area contributed by atoms with Crippen LogP contribution < -0.4 is 33.8 Å². The van der Waals surface area contributed by atoms with Crippen LogP contribution >= 0.6 is 27.3 Å². The standard InChI is InChI=1S/C35H32BrN3O7S/c1-6-44-32-24(13-10-14-26(32)42-4)31-30(34(41)45-7-2)20(3)38-35-39(31)33(40)29(47-35)16-23-15-27(43-5)28(17-25(23)36)46-19-22-12-9-8-11-21(22)18-37/h8-17,31H,6-7,19H2,1-5H3/b29-16+/t31-/m1/s1. The number of aromatic nitrogens is 1. The van der Waals surface area contributed by atoms with Gasteiger partial charge >= 0.3 is 5.97 Å². The Balaban J connectivity index is 1.63. The van der Waals surface area contributed by atoms with Crippen LogP contribution in [-0.2, 0) is 16.1 Å². The summed E-state index contributed by atoms with van der Waals surface area (Å²) < 4.78 is 31.2. The van der Waals surface area contributed by atoms with Crippen molar-refractivity contribution < 1.29 is 28.5 Å². The molecule has 3 aromatic carbocycles. The molecule has 242 valence electrons. The number of carbonyl (C=O) groups is 1. The third kappa shape index (κ3) is 6.68. The first-order valence-electron chi connectivity index (χ1n) is 14.7. The van der Waals surface area contributed by atoms with Gasteiger partial charge in [0.25, 0.3) is 5.56 Å². The number of methoxy groups -OCH3 is 2. The van der Waals surface area contributed by atoms with Crippen LogP contribution in [0, 0.1) is 11.3 Å². The molecule has 1 aliphatic rings. The number of halogens is 1. The van der Waals surface area contributed by atoms with Gasteiger partial charge in [0.1, 0.15) is 12.6 Å². The molecule has 0 amide bonds. The molecule has 1 atom stereocenters. The highest BCUT2D eigenvalue weighted by Crippen LogP contribution is 2.41. The molecule has 4 aromatic rings. The molecule has 0 fully saturated rings. The van der Waals surface area contributed by atoms with E-state index in [2.05, 4.69) is 27.0 Å². The second-order valence-electron chi connectivity index (χ2n) is 10.2. The van der Waals surface area contributed by atoms with E-state index in [4.69, 9.17) is 23.7 Å². The average Bonchev–Trinajstić information content (AvgIpc) is 3.38. The summed E-state index contributed by atoms with van der Waals surface area (Å²) in [4.78, 5) is 32.7. The smallest absolute Gasteiger partial charge is 0.338 e. The zero-order valence-corrected chi connectivity index (χ0v) is 28.9. The van der Waals surface area contributed by atoms with Gasteiger partial charge in [-0.25, -0.2) is 9.79 Å². The second-order valence-corrected chi connectivity index (χ2v) is 12.1. The van der Waals surface area contributed by atoms with Gasteiger partial charge in [-0.15, -0.1) is 0 Å². The highest BCUT2D eigenvalue weighted by molar-refractivity contribution is 9.10. The maximum atomic E-state index is 14.2. The number of rotatable bonds is 11. The SMILES string of the molecule is CCOC(=O)C1=C(C)N=c2s/c(=C/c3cc(OC)c(OCc4ccccc4C#N)cc3Br)c(=O)n2[C@@H]1c1cccc(OC)c1OCC. The van der Waals surface area contributed by atoms with Crippen LogP contribution in [0.15, 0.2) is 80.1 Å². The van der Waals surface area contributed by atoms with E-state index in [0.29, 0.717) is 65.8 Å². The zero-order chi connectivity index (χ0) is 33.7. The van der Waals surface area contributed by atoms with Crippen LogP contribution in [0.25, 0.3) is 6.08 Å². The van der Waals surface area contributed by atoms with Crippen molar-refractivity contribution in [3.05, 3.63) is 112 Å². The summed E-state index contributed by atoms with van der Waals surface area (Å²) in [6.07, 6.45) is 1.74. The van der Waals surface area contributed by atoms with Crippen molar-refractivity contribution in [2.45, 2.75) is 33.4 Å². The molecule has 1 aromatic heterocycles. The first-order valence-corrected chi connectivity index (χ1v) is 16.3. The fourth-order valence-corrected chi connectivity index (χ4v) is 6.75. The van der Waals surface area contributed by atoms with Crippen molar-refractivity contribution in [2.75, 3.05) is 27.4 Å². The molecular formula is C35H32BrN3O7S. The Morgan fingerprint density at radius 2 is 1.81 bits per heavy atom. The first-order chi connectivity index (χ1) is 22.8.